The molecule has 3 N–H and O–H groups in total. The van der Waals surface area contributed by atoms with Crippen molar-refractivity contribution in [2.75, 3.05) is 7.11 Å². The molecule has 0 aromatic heterocycles. The zero-order chi connectivity index (χ0) is 19.3. The highest BCUT2D eigenvalue weighted by Crippen LogP contribution is 2.29. The van der Waals surface area contributed by atoms with Gasteiger partial charge in [-0.1, -0.05) is 12.1 Å². The number of hydrogen-bond acceptors (Lipinski definition) is 5. The Labute approximate surface area is 150 Å². The highest BCUT2D eigenvalue weighted by molar-refractivity contribution is 6.08. The Hall–Kier alpha value is -3.10. The lowest BCUT2D eigenvalue weighted by Crippen LogP contribution is -2.47. The molecule has 0 bridgehead atoms. The maximum absolute atomic E-state index is 12.7. The molecule has 9 nitrogen and oxygen atoms in total. The second-order valence-corrected chi connectivity index (χ2v) is 6.06. The van der Waals surface area contributed by atoms with Crippen LogP contribution in [-0.4, -0.2) is 41.0 Å². The molecule has 26 heavy (non-hydrogen) atoms. The Bertz CT molecular complexity index is 718. The molecule has 1 aromatic rings. The first kappa shape index (κ1) is 19.2. The molecule has 1 fully saturated rings. The molecule has 2 rings (SSSR count). The van der Waals surface area contributed by atoms with Gasteiger partial charge in [0, 0.05) is 12.8 Å². The van der Waals surface area contributed by atoms with Gasteiger partial charge in [-0.2, -0.15) is 5.01 Å². The van der Waals surface area contributed by atoms with Gasteiger partial charge in [-0.15, -0.1) is 0 Å². The van der Waals surface area contributed by atoms with Gasteiger partial charge in [-0.05, 0) is 37.5 Å². The maximum atomic E-state index is 12.7. The first-order valence-corrected chi connectivity index (χ1v) is 8.10. The molecule has 0 spiro atoms. The molecular weight excluding hydrogens is 342 g/mol. The molecule has 1 heterocycles. The number of urea groups is 1. The molecule has 0 aliphatic carbocycles. The SMILES string of the molecule is COc1ccc(C2(C)NC(=O)N(NC(=O)CCCCC(=O)O)C2=O)cc1. The zero-order valence-corrected chi connectivity index (χ0v) is 14.6. The lowest BCUT2D eigenvalue weighted by atomic mass is 9.92. The van der Waals surface area contributed by atoms with Crippen LogP contribution in [0.4, 0.5) is 4.79 Å². The summed E-state index contributed by atoms with van der Waals surface area (Å²) in [5.74, 6) is -1.46. The van der Waals surface area contributed by atoms with Crippen molar-refractivity contribution in [2.45, 2.75) is 38.1 Å². The van der Waals surface area contributed by atoms with Gasteiger partial charge < -0.3 is 15.2 Å². The van der Waals surface area contributed by atoms with Crippen LogP contribution in [0.3, 0.4) is 0 Å². The van der Waals surface area contributed by atoms with Crippen LogP contribution in [0.2, 0.25) is 0 Å². The third-order valence-electron chi connectivity index (χ3n) is 4.14. The summed E-state index contributed by atoms with van der Waals surface area (Å²) in [5, 5.41) is 11.8. The molecule has 1 saturated heterocycles. The van der Waals surface area contributed by atoms with E-state index in [0.717, 1.165) is 0 Å². The number of unbranched alkanes of at least 4 members (excludes halogenated alkanes) is 1. The van der Waals surface area contributed by atoms with Crippen molar-refractivity contribution >= 4 is 23.8 Å². The van der Waals surface area contributed by atoms with Crippen LogP contribution < -0.4 is 15.5 Å². The van der Waals surface area contributed by atoms with E-state index in [0.29, 0.717) is 29.2 Å². The van der Waals surface area contributed by atoms with E-state index in [1.54, 1.807) is 31.2 Å². The second kappa shape index (κ2) is 7.85. The van der Waals surface area contributed by atoms with Crippen molar-refractivity contribution in [1.29, 1.82) is 0 Å². The quantitative estimate of drug-likeness (QED) is 0.470. The summed E-state index contributed by atoms with van der Waals surface area (Å²) in [6, 6.07) is 5.93. The fourth-order valence-electron chi connectivity index (χ4n) is 2.60. The molecule has 0 radical (unpaired) electrons. The number of carboxylic acids is 1. The average Bonchev–Trinajstić information content (AvgIpc) is 2.83. The van der Waals surface area contributed by atoms with E-state index >= 15 is 0 Å². The van der Waals surface area contributed by atoms with Crippen LogP contribution in [0.15, 0.2) is 24.3 Å². The number of nitrogens with zero attached hydrogens (tertiary/aromatic N) is 1. The number of hydrazine groups is 1. The van der Waals surface area contributed by atoms with Gasteiger partial charge in [0.05, 0.1) is 7.11 Å². The first-order valence-electron chi connectivity index (χ1n) is 8.10. The number of carbonyl (C=O) groups excluding carboxylic acids is 3. The fourth-order valence-corrected chi connectivity index (χ4v) is 2.60. The minimum Gasteiger partial charge on any atom is -0.497 e. The molecule has 140 valence electrons. The van der Waals surface area contributed by atoms with Crippen molar-refractivity contribution in [1.82, 2.24) is 15.8 Å². The Morgan fingerprint density at radius 2 is 1.81 bits per heavy atom. The summed E-state index contributed by atoms with van der Waals surface area (Å²) < 4.78 is 5.07. The van der Waals surface area contributed by atoms with E-state index in [-0.39, 0.29) is 12.8 Å². The second-order valence-electron chi connectivity index (χ2n) is 6.06. The highest BCUT2D eigenvalue weighted by atomic mass is 16.5. The minimum atomic E-state index is -1.31. The maximum Gasteiger partial charge on any atom is 0.344 e. The topological polar surface area (TPSA) is 125 Å². The number of carbonyl (C=O) groups is 4. The standard InChI is InChI=1S/C17H21N3O6/c1-17(11-7-9-12(26-2)10-8-11)15(24)20(16(25)18-17)19-13(21)5-3-4-6-14(22)23/h7-10H,3-6H2,1-2H3,(H,18,25)(H,19,21)(H,22,23). The zero-order valence-electron chi connectivity index (χ0n) is 14.6. The molecule has 9 heteroatoms. The van der Waals surface area contributed by atoms with E-state index in [1.807, 2.05) is 0 Å². The summed E-state index contributed by atoms with van der Waals surface area (Å²) in [4.78, 5) is 47.2. The lowest BCUT2D eigenvalue weighted by molar-refractivity contribution is -0.139. The van der Waals surface area contributed by atoms with Gasteiger partial charge in [0.25, 0.3) is 5.91 Å². The molecule has 0 saturated carbocycles. The first-order chi connectivity index (χ1) is 12.3. The molecule has 4 amide bonds. The normalized spacial score (nSPS) is 19.2. The number of ether oxygens (including phenoxy) is 1. The van der Waals surface area contributed by atoms with E-state index in [2.05, 4.69) is 10.7 Å². The van der Waals surface area contributed by atoms with Gasteiger partial charge in [-0.3, -0.25) is 19.8 Å². The van der Waals surface area contributed by atoms with Gasteiger partial charge >= 0.3 is 12.0 Å². The summed E-state index contributed by atoms with van der Waals surface area (Å²) >= 11 is 0. The van der Waals surface area contributed by atoms with E-state index in [9.17, 15) is 19.2 Å². The summed E-state index contributed by atoms with van der Waals surface area (Å²) in [7, 11) is 1.52. The number of carboxylic acid groups (broad SMARTS) is 1. The Morgan fingerprint density at radius 1 is 1.19 bits per heavy atom. The predicted molar refractivity (Wildman–Crippen MR) is 90.0 cm³/mol. The number of hydrogen-bond donors (Lipinski definition) is 3. The molecule has 1 atom stereocenters. The molecule has 1 aromatic carbocycles. The van der Waals surface area contributed by atoms with Crippen molar-refractivity contribution in [3.05, 3.63) is 29.8 Å². The Balaban J connectivity index is 2.00. The van der Waals surface area contributed by atoms with Gasteiger partial charge in [-0.25, -0.2) is 4.79 Å². The highest BCUT2D eigenvalue weighted by Gasteiger charge is 2.49. The number of methoxy groups -OCH3 is 1. The lowest BCUT2D eigenvalue weighted by Gasteiger charge is -2.22. The smallest absolute Gasteiger partial charge is 0.344 e. The number of nitrogens with one attached hydrogen (secondary N) is 2. The molecule has 1 aliphatic rings. The van der Waals surface area contributed by atoms with E-state index in [1.165, 1.54) is 7.11 Å². The fraction of sp³-hybridized carbons (Fsp3) is 0.412. The van der Waals surface area contributed by atoms with Crippen LogP contribution in [0.25, 0.3) is 0 Å². The third kappa shape index (κ3) is 4.11. The van der Waals surface area contributed by atoms with Gasteiger partial charge in [0.2, 0.25) is 5.91 Å². The summed E-state index contributed by atoms with van der Waals surface area (Å²) in [5.41, 5.74) is 1.52. The Morgan fingerprint density at radius 3 is 2.38 bits per heavy atom. The minimum absolute atomic E-state index is 0.0175. The number of benzene rings is 1. The van der Waals surface area contributed by atoms with Crippen LogP contribution in [0, 0.1) is 0 Å². The van der Waals surface area contributed by atoms with Crippen LogP contribution in [0.1, 0.15) is 38.2 Å². The van der Waals surface area contributed by atoms with Crippen molar-refractivity contribution < 1.29 is 29.0 Å². The van der Waals surface area contributed by atoms with Crippen LogP contribution in [-0.2, 0) is 19.9 Å². The number of aliphatic carboxylic acids is 1. The number of imide groups is 1. The molecule has 1 unspecified atom stereocenters. The van der Waals surface area contributed by atoms with Crippen molar-refractivity contribution in [2.24, 2.45) is 0 Å². The van der Waals surface area contributed by atoms with E-state index in [4.69, 9.17) is 9.84 Å². The van der Waals surface area contributed by atoms with Crippen LogP contribution in [0.5, 0.6) is 5.75 Å². The monoisotopic (exact) mass is 363 g/mol. The largest absolute Gasteiger partial charge is 0.497 e. The summed E-state index contributed by atoms with van der Waals surface area (Å²) in [6.45, 7) is 1.55. The third-order valence-corrected chi connectivity index (χ3v) is 4.14. The number of rotatable bonds is 8. The van der Waals surface area contributed by atoms with Crippen molar-refractivity contribution in [3.8, 4) is 5.75 Å². The molecular formula is C17H21N3O6. The number of amides is 4. The predicted octanol–water partition coefficient (Wildman–Crippen LogP) is 1.14. The van der Waals surface area contributed by atoms with Crippen molar-refractivity contribution in [3.63, 3.8) is 0 Å². The Kier molecular flexibility index (Phi) is 5.81. The van der Waals surface area contributed by atoms with Gasteiger partial charge in [0.1, 0.15) is 11.3 Å². The van der Waals surface area contributed by atoms with E-state index < -0.39 is 29.4 Å². The van der Waals surface area contributed by atoms with Crippen LogP contribution >= 0.6 is 0 Å². The summed E-state index contributed by atoms with van der Waals surface area (Å²) in [6.07, 6.45) is 0.666. The van der Waals surface area contributed by atoms with Gasteiger partial charge in [0.15, 0.2) is 0 Å². The molecule has 1 aliphatic heterocycles. The average molecular weight is 363 g/mol.